The number of hydrogen-bond acceptors (Lipinski definition) is 5. The Bertz CT molecular complexity index is 913. The number of hydrogen-bond donors (Lipinski definition) is 1. The van der Waals surface area contributed by atoms with Gasteiger partial charge in [-0.1, -0.05) is 16.8 Å². The minimum atomic E-state index is -0.372. The van der Waals surface area contributed by atoms with Crippen molar-refractivity contribution in [1.82, 2.24) is 15.4 Å². The number of amides is 2. The largest absolute Gasteiger partial charge is 0.447 e. The number of aromatic nitrogens is 1. The van der Waals surface area contributed by atoms with Gasteiger partial charge in [-0.3, -0.25) is 4.79 Å². The van der Waals surface area contributed by atoms with Crippen molar-refractivity contribution < 1.29 is 18.8 Å². The summed E-state index contributed by atoms with van der Waals surface area (Å²) in [5.74, 6) is 0.460. The summed E-state index contributed by atoms with van der Waals surface area (Å²) < 4.78 is 10.4. The van der Waals surface area contributed by atoms with E-state index in [-0.39, 0.29) is 29.4 Å². The number of fused-ring (bicyclic) bond motifs is 1. The zero-order valence-corrected chi connectivity index (χ0v) is 15.5. The molecule has 7 nitrogen and oxygen atoms in total. The lowest BCUT2D eigenvalue weighted by Gasteiger charge is -2.44. The highest BCUT2D eigenvalue weighted by molar-refractivity contribution is 6.31. The van der Waals surface area contributed by atoms with E-state index in [0.717, 1.165) is 37.0 Å². The number of nitrogens with one attached hydrogen (secondary N) is 1. The molecule has 142 valence electrons. The van der Waals surface area contributed by atoms with Gasteiger partial charge in [0.15, 0.2) is 5.58 Å². The van der Waals surface area contributed by atoms with Crippen LogP contribution in [0.2, 0.25) is 5.02 Å². The summed E-state index contributed by atoms with van der Waals surface area (Å²) in [6.07, 6.45) is 2.71. The Kier molecular flexibility index (Phi) is 3.82. The molecule has 2 amide bonds. The third kappa shape index (κ3) is 2.84. The van der Waals surface area contributed by atoms with E-state index in [1.807, 2.05) is 17.0 Å². The molecule has 8 heteroatoms. The molecule has 0 atom stereocenters. The molecule has 3 aliphatic rings. The highest BCUT2D eigenvalue weighted by atomic mass is 35.5. The second-order valence-corrected chi connectivity index (χ2v) is 8.33. The first-order chi connectivity index (χ1) is 13.0. The Labute approximate surface area is 160 Å². The maximum absolute atomic E-state index is 12.8. The molecule has 1 aliphatic carbocycles. The molecule has 0 radical (unpaired) electrons. The summed E-state index contributed by atoms with van der Waals surface area (Å²) in [6.45, 7) is 1.82. The third-order valence-corrected chi connectivity index (χ3v) is 6.36. The van der Waals surface area contributed by atoms with E-state index >= 15 is 0 Å². The molecule has 1 saturated carbocycles. The number of rotatable bonds is 2. The molecule has 1 spiro atoms. The molecular weight excluding hydrogens is 370 g/mol. The number of carbonyl (C=O) groups is 2. The predicted octanol–water partition coefficient (Wildman–Crippen LogP) is 3.08. The van der Waals surface area contributed by atoms with Gasteiger partial charge in [0.1, 0.15) is 6.61 Å². The quantitative estimate of drug-likeness (QED) is 0.853. The average Bonchev–Trinajstić information content (AvgIpc) is 3.23. The zero-order chi connectivity index (χ0) is 18.6. The number of carbonyl (C=O) groups excluding carboxylic acids is 2. The van der Waals surface area contributed by atoms with Crippen molar-refractivity contribution in [3.05, 3.63) is 28.9 Å². The molecule has 27 heavy (non-hydrogen) atoms. The van der Waals surface area contributed by atoms with Crippen molar-refractivity contribution >= 4 is 34.6 Å². The van der Waals surface area contributed by atoms with Gasteiger partial charge in [0.05, 0.1) is 11.2 Å². The zero-order valence-electron chi connectivity index (χ0n) is 14.7. The van der Waals surface area contributed by atoms with Crippen LogP contribution in [0.3, 0.4) is 0 Å². The maximum atomic E-state index is 12.8. The first-order valence-corrected chi connectivity index (χ1v) is 9.69. The van der Waals surface area contributed by atoms with Gasteiger partial charge in [-0.2, -0.15) is 0 Å². The van der Waals surface area contributed by atoms with Crippen molar-refractivity contribution in [3.63, 3.8) is 0 Å². The van der Waals surface area contributed by atoms with Crippen LogP contribution in [0.1, 0.15) is 37.3 Å². The SMILES string of the molecule is O=C1NC2(CO1)CC(C(=O)N1CCC(c3noc4cc(Cl)ccc34)CC1)C2. The fourth-order valence-corrected chi connectivity index (χ4v) is 4.79. The van der Waals surface area contributed by atoms with Gasteiger partial charge in [-0.25, -0.2) is 4.79 Å². The number of cyclic esters (lactones) is 1. The molecule has 3 fully saturated rings. The average molecular weight is 390 g/mol. The first-order valence-electron chi connectivity index (χ1n) is 9.32. The minimum absolute atomic E-state index is 0.0152. The summed E-state index contributed by atoms with van der Waals surface area (Å²) in [5.41, 5.74) is 1.36. The minimum Gasteiger partial charge on any atom is -0.447 e. The van der Waals surface area contributed by atoms with Crippen LogP contribution in [-0.4, -0.2) is 47.3 Å². The van der Waals surface area contributed by atoms with E-state index in [9.17, 15) is 9.59 Å². The molecule has 2 saturated heterocycles. The fraction of sp³-hybridized carbons (Fsp3) is 0.526. The Morgan fingerprint density at radius 2 is 2.07 bits per heavy atom. The van der Waals surface area contributed by atoms with Crippen LogP contribution in [0.15, 0.2) is 22.7 Å². The van der Waals surface area contributed by atoms with Gasteiger partial charge in [0.2, 0.25) is 5.91 Å². The Hall–Kier alpha value is -2.28. The smallest absolute Gasteiger partial charge is 0.407 e. The van der Waals surface area contributed by atoms with Crippen molar-refractivity contribution in [2.24, 2.45) is 5.92 Å². The molecule has 2 aliphatic heterocycles. The molecular formula is C19H20ClN3O4. The Morgan fingerprint density at radius 1 is 1.30 bits per heavy atom. The predicted molar refractivity (Wildman–Crippen MR) is 97.5 cm³/mol. The normalized spacial score (nSPS) is 28.3. The van der Waals surface area contributed by atoms with Gasteiger partial charge >= 0.3 is 6.09 Å². The molecule has 1 aromatic heterocycles. The number of halogens is 1. The van der Waals surface area contributed by atoms with Gasteiger partial charge in [0.25, 0.3) is 0 Å². The van der Waals surface area contributed by atoms with E-state index in [4.69, 9.17) is 20.9 Å². The monoisotopic (exact) mass is 389 g/mol. The Balaban J connectivity index is 1.20. The van der Waals surface area contributed by atoms with Crippen LogP contribution in [0.4, 0.5) is 4.79 Å². The lowest BCUT2D eigenvalue weighted by molar-refractivity contribution is -0.142. The summed E-state index contributed by atoms with van der Waals surface area (Å²) in [4.78, 5) is 26.0. The van der Waals surface area contributed by atoms with Gasteiger partial charge < -0.3 is 19.5 Å². The Morgan fingerprint density at radius 3 is 2.78 bits per heavy atom. The third-order valence-electron chi connectivity index (χ3n) is 6.13. The van der Waals surface area contributed by atoms with Crippen LogP contribution >= 0.6 is 11.6 Å². The van der Waals surface area contributed by atoms with Crippen molar-refractivity contribution in [2.45, 2.75) is 37.1 Å². The molecule has 1 aromatic carbocycles. The maximum Gasteiger partial charge on any atom is 0.407 e. The summed E-state index contributed by atoms with van der Waals surface area (Å²) in [7, 11) is 0. The van der Waals surface area contributed by atoms with Crippen LogP contribution < -0.4 is 5.32 Å². The molecule has 0 bridgehead atoms. The number of likely N-dealkylation sites (tertiary alicyclic amines) is 1. The number of ether oxygens (including phenoxy) is 1. The number of alkyl carbamates (subject to hydrolysis) is 1. The molecule has 3 heterocycles. The second kappa shape index (κ2) is 6.12. The van der Waals surface area contributed by atoms with Gasteiger partial charge in [0, 0.05) is 41.4 Å². The topological polar surface area (TPSA) is 84.7 Å². The first kappa shape index (κ1) is 16.9. The fourth-order valence-electron chi connectivity index (χ4n) is 4.63. The van der Waals surface area contributed by atoms with Gasteiger partial charge in [-0.05, 0) is 37.8 Å². The standard InChI is InChI=1S/C19H20ClN3O4/c20-13-1-2-14-15(7-13)27-22-16(14)11-3-5-23(6-4-11)17(24)12-8-19(9-12)10-26-18(25)21-19/h1-2,7,11-12H,3-6,8-10H2,(H,21,25). The highest BCUT2D eigenvalue weighted by Gasteiger charge is 2.53. The molecule has 0 unspecified atom stereocenters. The van der Waals surface area contributed by atoms with E-state index in [2.05, 4.69) is 10.5 Å². The van der Waals surface area contributed by atoms with E-state index in [1.54, 1.807) is 6.07 Å². The summed E-state index contributed by atoms with van der Waals surface area (Å²) in [6, 6.07) is 5.58. The van der Waals surface area contributed by atoms with Crippen LogP contribution in [0.25, 0.3) is 11.0 Å². The molecule has 1 N–H and O–H groups in total. The lowest BCUT2D eigenvalue weighted by atomic mass is 9.68. The van der Waals surface area contributed by atoms with E-state index in [0.29, 0.717) is 30.1 Å². The van der Waals surface area contributed by atoms with Crippen molar-refractivity contribution in [2.75, 3.05) is 19.7 Å². The lowest BCUT2D eigenvalue weighted by Crippen LogP contribution is -2.58. The molecule has 2 aromatic rings. The van der Waals surface area contributed by atoms with Crippen LogP contribution in [0, 0.1) is 5.92 Å². The highest BCUT2D eigenvalue weighted by Crippen LogP contribution is 2.42. The van der Waals surface area contributed by atoms with Crippen LogP contribution in [-0.2, 0) is 9.53 Å². The van der Waals surface area contributed by atoms with Crippen LogP contribution in [0.5, 0.6) is 0 Å². The number of nitrogens with zero attached hydrogens (tertiary/aromatic N) is 2. The van der Waals surface area contributed by atoms with Gasteiger partial charge in [-0.15, -0.1) is 0 Å². The summed E-state index contributed by atoms with van der Waals surface area (Å²) in [5, 5.41) is 8.73. The van der Waals surface area contributed by atoms with Crippen molar-refractivity contribution in [1.29, 1.82) is 0 Å². The number of benzene rings is 1. The van der Waals surface area contributed by atoms with Crippen molar-refractivity contribution in [3.8, 4) is 0 Å². The number of piperidine rings is 1. The second-order valence-electron chi connectivity index (χ2n) is 7.89. The van der Waals surface area contributed by atoms with E-state index < -0.39 is 0 Å². The summed E-state index contributed by atoms with van der Waals surface area (Å²) >= 11 is 6.01. The molecule has 5 rings (SSSR count). The van der Waals surface area contributed by atoms with E-state index in [1.165, 1.54) is 0 Å².